The van der Waals surface area contributed by atoms with Gasteiger partial charge in [0.25, 0.3) is 11.6 Å². The molecule has 0 aliphatic heterocycles. The summed E-state index contributed by atoms with van der Waals surface area (Å²) in [6.45, 7) is 1.57. The second-order valence-corrected chi connectivity index (χ2v) is 6.81. The van der Waals surface area contributed by atoms with Crippen LogP contribution in [-0.2, 0) is 16.0 Å². The van der Waals surface area contributed by atoms with Crippen LogP contribution in [0.3, 0.4) is 0 Å². The Morgan fingerprint density at radius 3 is 2.70 bits per heavy atom. The maximum absolute atomic E-state index is 12.2. The molecule has 3 aromatic rings. The number of aryl methyl sites for hydroxylation is 1. The standard InChI is InChI=1S/C19H16N2O5S/c1-2-12-5-3-4-6-15(12)20-18(22)11-26-19(23)17-10-13-9-14(21(24)25)7-8-16(13)27-17/h3-10H,2,11H2,1H3,(H,20,22). The Bertz CT molecular complexity index is 1030. The van der Waals surface area contributed by atoms with E-state index in [-0.39, 0.29) is 10.6 Å². The van der Waals surface area contributed by atoms with Gasteiger partial charge < -0.3 is 10.1 Å². The molecule has 0 unspecified atom stereocenters. The number of carbonyl (C=O) groups is 2. The van der Waals surface area contributed by atoms with Crippen molar-refractivity contribution in [1.82, 2.24) is 0 Å². The van der Waals surface area contributed by atoms with Gasteiger partial charge in [0.15, 0.2) is 6.61 Å². The fourth-order valence-corrected chi connectivity index (χ4v) is 3.52. The van der Waals surface area contributed by atoms with Crippen LogP contribution >= 0.6 is 11.3 Å². The lowest BCUT2D eigenvalue weighted by molar-refractivity contribution is -0.384. The number of para-hydroxylation sites is 1. The van der Waals surface area contributed by atoms with Crippen LogP contribution in [-0.4, -0.2) is 23.4 Å². The zero-order chi connectivity index (χ0) is 19.4. The molecule has 0 aliphatic carbocycles. The van der Waals surface area contributed by atoms with Crippen LogP contribution in [0.25, 0.3) is 10.1 Å². The van der Waals surface area contributed by atoms with Gasteiger partial charge in [-0.1, -0.05) is 25.1 Å². The molecule has 1 amide bonds. The molecule has 0 aliphatic rings. The van der Waals surface area contributed by atoms with Crippen LogP contribution < -0.4 is 5.32 Å². The van der Waals surface area contributed by atoms with E-state index in [9.17, 15) is 19.7 Å². The van der Waals surface area contributed by atoms with Crippen molar-refractivity contribution in [3.63, 3.8) is 0 Å². The highest BCUT2D eigenvalue weighted by Crippen LogP contribution is 2.29. The fraction of sp³-hybridized carbons (Fsp3) is 0.158. The number of nitrogens with zero attached hydrogens (tertiary/aromatic N) is 1. The quantitative estimate of drug-likeness (QED) is 0.391. The minimum atomic E-state index is -0.641. The van der Waals surface area contributed by atoms with E-state index in [0.717, 1.165) is 28.0 Å². The summed E-state index contributed by atoms with van der Waals surface area (Å²) >= 11 is 1.16. The third kappa shape index (κ3) is 4.29. The van der Waals surface area contributed by atoms with Crippen molar-refractivity contribution in [2.45, 2.75) is 13.3 Å². The van der Waals surface area contributed by atoms with Crippen molar-refractivity contribution in [3.8, 4) is 0 Å². The van der Waals surface area contributed by atoms with Gasteiger partial charge in [0.1, 0.15) is 4.88 Å². The van der Waals surface area contributed by atoms with Crippen LogP contribution in [0, 0.1) is 10.1 Å². The van der Waals surface area contributed by atoms with E-state index < -0.39 is 23.4 Å². The molecule has 8 heteroatoms. The third-order valence-electron chi connectivity index (χ3n) is 3.92. The highest BCUT2D eigenvalue weighted by molar-refractivity contribution is 7.20. The lowest BCUT2D eigenvalue weighted by Gasteiger charge is -2.09. The molecule has 0 radical (unpaired) electrons. The van der Waals surface area contributed by atoms with E-state index in [1.165, 1.54) is 18.2 Å². The Balaban J connectivity index is 1.64. The van der Waals surface area contributed by atoms with Gasteiger partial charge in [0.05, 0.1) is 4.92 Å². The number of hydrogen-bond acceptors (Lipinski definition) is 6. The first-order valence-electron chi connectivity index (χ1n) is 8.20. The molecular weight excluding hydrogens is 368 g/mol. The number of nitrogens with one attached hydrogen (secondary N) is 1. The van der Waals surface area contributed by atoms with Crippen LogP contribution in [0.2, 0.25) is 0 Å². The number of nitro benzene ring substituents is 1. The minimum Gasteiger partial charge on any atom is -0.451 e. The first-order valence-corrected chi connectivity index (χ1v) is 9.02. The van der Waals surface area contributed by atoms with Crippen molar-refractivity contribution in [2.24, 2.45) is 0 Å². The molecule has 1 aromatic heterocycles. The third-order valence-corrected chi connectivity index (χ3v) is 5.01. The first-order chi connectivity index (χ1) is 13.0. The van der Waals surface area contributed by atoms with Gasteiger partial charge in [-0.25, -0.2) is 4.79 Å². The Kier molecular flexibility index (Phi) is 5.46. The van der Waals surface area contributed by atoms with Crippen molar-refractivity contribution in [2.75, 3.05) is 11.9 Å². The van der Waals surface area contributed by atoms with Crippen LogP contribution in [0.5, 0.6) is 0 Å². The van der Waals surface area contributed by atoms with Crippen molar-refractivity contribution in [3.05, 3.63) is 69.1 Å². The molecule has 7 nitrogen and oxygen atoms in total. The highest BCUT2D eigenvalue weighted by Gasteiger charge is 2.16. The fourth-order valence-electron chi connectivity index (χ4n) is 2.58. The summed E-state index contributed by atoms with van der Waals surface area (Å²) in [4.78, 5) is 34.9. The molecule has 2 aromatic carbocycles. The zero-order valence-electron chi connectivity index (χ0n) is 14.4. The molecule has 0 saturated heterocycles. The molecule has 0 saturated carbocycles. The van der Waals surface area contributed by atoms with Gasteiger partial charge in [0.2, 0.25) is 0 Å². The number of benzene rings is 2. The van der Waals surface area contributed by atoms with Gasteiger partial charge in [-0.3, -0.25) is 14.9 Å². The number of ether oxygens (including phenoxy) is 1. The first kappa shape index (κ1) is 18.5. The molecule has 1 heterocycles. The second-order valence-electron chi connectivity index (χ2n) is 5.72. The van der Waals surface area contributed by atoms with Crippen LogP contribution in [0.4, 0.5) is 11.4 Å². The Hall–Kier alpha value is -3.26. The topological polar surface area (TPSA) is 98.5 Å². The van der Waals surface area contributed by atoms with E-state index in [2.05, 4.69) is 5.32 Å². The molecule has 0 fully saturated rings. The van der Waals surface area contributed by atoms with E-state index in [1.807, 2.05) is 25.1 Å². The summed E-state index contributed by atoms with van der Waals surface area (Å²) in [6, 6.07) is 13.3. The number of amides is 1. The summed E-state index contributed by atoms with van der Waals surface area (Å²) in [5.74, 6) is -1.07. The van der Waals surface area contributed by atoms with Crippen LogP contribution in [0.15, 0.2) is 48.5 Å². The summed E-state index contributed by atoms with van der Waals surface area (Å²) in [5, 5.41) is 14.1. The molecular formula is C19H16N2O5S. The molecule has 27 heavy (non-hydrogen) atoms. The molecule has 1 N–H and O–H groups in total. The van der Waals surface area contributed by atoms with Gasteiger partial charge in [-0.05, 0) is 30.2 Å². The van der Waals surface area contributed by atoms with E-state index >= 15 is 0 Å². The average molecular weight is 384 g/mol. The SMILES string of the molecule is CCc1ccccc1NC(=O)COC(=O)c1cc2cc([N+](=O)[O-])ccc2s1. The van der Waals surface area contributed by atoms with Gasteiger partial charge in [-0.15, -0.1) is 11.3 Å². The summed E-state index contributed by atoms with van der Waals surface area (Å²) in [6.07, 6.45) is 0.768. The van der Waals surface area contributed by atoms with E-state index in [0.29, 0.717) is 11.1 Å². The lowest BCUT2D eigenvalue weighted by atomic mass is 10.1. The Morgan fingerprint density at radius 1 is 1.19 bits per heavy atom. The van der Waals surface area contributed by atoms with Crippen LogP contribution in [0.1, 0.15) is 22.2 Å². The predicted molar refractivity (Wildman–Crippen MR) is 103 cm³/mol. The number of fused-ring (bicyclic) bond motifs is 1. The monoisotopic (exact) mass is 384 g/mol. The number of anilines is 1. The van der Waals surface area contributed by atoms with Gasteiger partial charge >= 0.3 is 5.97 Å². The number of nitro groups is 1. The zero-order valence-corrected chi connectivity index (χ0v) is 15.2. The number of carbonyl (C=O) groups excluding carboxylic acids is 2. The number of non-ortho nitro benzene ring substituents is 1. The maximum atomic E-state index is 12.2. The molecule has 0 bridgehead atoms. The van der Waals surface area contributed by atoms with E-state index in [1.54, 1.807) is 12.1 Å². The van der Waals surface area contributed by atoms with Crippen molar-refractivity contribution >= 4 is 44.7 Å². The summed E-state index contributed by atoms with van der Waals surface area (Å²) in [5.41, 5.74) is 1.63. The predicted octanol–water partition coefficient (Wildman–Crippen LogP) is 4.17. The second kappa shape index (κ2) is 7.96. The minimum absolute atomic E-state index is 0.0471. The molecule has 3 rings (SSSR count). The van der Waals surface area contributed by atoms with Gasteiger partial charge in [-0.2, -0.15) is 0 Å². The molecule has 138 valence electrons. The highest BCUT2D eigenvalue weighted by atomic mass is 32.1. The molecule has 0 atom stereocenters. The number of hydrogen-bond donors (Lipinski definition) is 1. The lowest BCUT2D eigenvalue weighted by Crippen LogP contribution is -2.21. The average Bonchev–Trinajstić information content (AvgIpc) is 3.10. The summed E-state index contributed by atoms with van der Waals surface area (Å²) in [7, 11) is 0. The number of thiophene rings is 1. The van der Waals surface area contributed by atoms with Crippen molar-refractivity contribution < 1.29 is 19.2 Å². The smallest absolute Gasteiger partial charge is 0.348 e. The Labute approximate surface area is 158 Å². The summed E-state index contributed by atoms with van der Waals surface area (Å²) < 4.78 is 5.80. The number of rotatable bonds is 6. The Morgan fingerprint density at radius 2 is 1.96 bits per heavy atom. The van der Waals surface area contributed by atoms with Crippen molar-refractivity contribution in [1.29, 1.82) is 0 Å². The normalized spacial score (nSPS) is 10.6. The van der Waals surface area contributed by atoms with Gasteiger partial charge in [0, 0.05) is 27.9 Å². The maximum Gasteiger partial charge on any atom is 0.348 e. The largest absolute Gasteiger partial charge is 0.451 e. The molecule has 0 spiro atoms. The number of esters is 1. The van der Waals surface area contributed by atoms with E-state index in [4.69, 9.17) is 4.74 Å².